The summed E-state index contributed by atoms with van der Waals surface area (Å²) in [6.45, 7) is 4.29. The van der Waals surface area contributed by atoms with Crippen molar-refractivity contribution in [1.29, 1.82) is 0 Å². The Balaban J connectivity index is 1.25. The van der Waals surface area contributed by atoms with E-state index in [1.807, 2.05) is 6.07 Å². The van der Waals surface area contributed by atoms with Gasteiger partial charge in [0.1, 0.15) is 12.1 Å². The van der Waals surface area contributed by atoms with Crippen molar-refractivity contribution < 1.29 is 4.74 Å². The van der Waals surface area contributed by atoms with E-state index < -0.39 is 0 Å². The molecule has 1 unspecified atom stereocenters. The van der Waals surface area contributed by atoms with E-state index in [1.165, 1.54) is 9.75 Å². The molecule has 3 aromatic rings. The van der Waals surface area contributed by atoms with E-state index in [1.54, 1.807) is 23.9 Å². The fourth-order valence-corrected chi connectivity index (χ4v) is 4.24. The minimum atomic E-state index is 0.402. The van der Waals surface area contributed by atoms with Crippen LogP contribution in [0.4, 0.5) is 5.82 Å². The fraction of sp³-hybridized carbons (Fsp3) is 0.421. The lowest BCUT2D eigenvalue weighted by molar-refractivity contribution is 0.193. The number of ether oxygens (including phenoxy) is 1. The molecule has 1 saturated heterocycles. The van der Waals surface area contributed by atoms with Crippen LogP contribution in [0.1, 0.15) is 22.9 Å². The van der Waals surface area contributed by atoms with E-state index in [4.69, 9.17) is 4.74 Å². The number of likely N-dealkylation sites (N-methyl/N-ethyl adjacent to an activating group) is 1. The molecule has 1 aliphatic heterocycles. The van der Waals surface area contributed by atoms with E-state index in [2.05, 4.69) is 55.6 Å². The lowest BCUT2D eigenvalue weighted by atomic mass is 10.1. The van der Waals surface area contributed by atoms with Crippen molar-refractivity contribution in [3.05, 3.63) is 47.4 Å². The van der Waals surface area contributed by atoms with E-state index in [9.17, 15) is 0 Å². The van der Waals surface area contributed by atoms with Crippen LogP contribution < -0.4 is 5.32 Å². The average Bonchev–Trinajstić information content (AvgIpc) is 3.43. The number of rotatable bonds is 8. The quantitative estimate of drug-likeness (QED) is 0.622. The highest BCUT2D eigenvalue weighted by atomic mass is 32.1. The number of aromatic amines is 1. The zero-order valence-electron chi connectivity index (χ0n) is 15.4. The molecular weight excluding hydrogens is 360 g/mol. The van der Waals surface area contributed by atoms with Gasteiger partial charge in [0.15, 0.2) is 0 Å². The molecule has 0 aromatic carbocycles. The maximum atomic E-state index is 5.45. The van der Waals surface area contributed by atoms with Crippen LogP contribution in [0.5, 0.6) is 0 Å². The third-order valence-corrected chi connectivity index (χ3v) is 5.79. The second-order valence-electron chi connectivity index (χ2n) is 6.79. The molecule has 4 heterocycles. The molecular formula is C19H24N6OS. The highest BCUT2D eigenvalue weighted by Gasteiger charge is 2.19. The Bertz CT molecular complexity index is 844. The monoisotopic (exact) mass is 384 g/mol. The van der Waals surface area contributed by atoms with Crippen LogP contribution >= 0.6 is 11.3 Å². The molecule has 142 valence electrons. The van der Waals surface area contributed by atoms with Crippen LogP contribution in [-0.2, 0) is 11.3 Å². The summed E-state index contributed by atoms with van der Waals surface area (Å²) >= 11 is 1.80. The van der Waals surface area contributed by atoms with Gasteiger partial charge in [0.05, 0.1) is 22.9 Å². The van der Waals surface area contributed by atoms with Gasteiger partial charge in [-0.25, -0.2) is 9.97 Å². The second kappa shape index (κ2) is 8.60. The van der Waals surface area contributed by atoms with Gasteiger partial charge in [-0.15, -0.1) is 11.3 Å². The molecule has 3 aromatic heterocycles. The van der Waals surface area contributed by atoms with E-state index in [-0.39, 0.29) is 0 Å². The Morgan fingerprint density at radius 2 is 2.30 bits per heavy atom. The van der Waals surface area contributed by atoms with Gasteiger partial charge in [0.25, 0.3) is 0 Å². The van der Waals surface area contributed by atoms with Gasteiger partial charge in [-0.3, -0.25) is 10.00 Å². The SMILES string of the molecule is CN(CCNc1cc(C2CCOC2)ncn1)Cc1ccc(-c2ccn[nH]2)s1. The predicted molar refractivity (Wildman–Crippen MR) is 107 cm³/mol. The standard InChI is InChI=1S/C19H24N6OS/c1-25(11-15-2-3-18(27-15)16-4-6-23-24-16)8-7-20-19-10-17(21-13-22-19)14-5-9-26-12-14/h2-4,6,10,13-14H,5,7-9,11-12H2,1H3,(H,23,24)(H,20,21,22). The van der Waals surface area contributed by atoms with Gasteiger partial charge in [0.2, 0.25) is 0 Å². The fourth-order valence-electron chi connectivity index (χ4n) is 3.18. The minimum Gasteiger partial charge on any atom is -0.381 e. The van der Waals surface area contributed by atoms with E-state index >= 15 is 0 Å². The van der Waals surface area contributed by atoms with E-state index in [0.29, 0.717) is 5.92 Å². The highest BCUT2D eigenvalue weighted by molar-refractivity contribution is 7.15. The molecule has 0 spiro atoms. The first-order chi connectivity index (χ1) is 13.3. The van der Waals surface area contributed by atoms with Gasteiger partial charge in [-0.2, -0.15) is 5.10 Å². The van der Waals surface area contributed by atoms with Gasteiger partial charge < -0.3 is 10.1 Å². The number of nitrogens with one attached hydrogen (secondary N) is 2. The van der Waals surface area contributed by atoms with Crippen molar-refractivity contribution in [2.45, 2.75) is 18.9 Å². The van der Waals surface area contributed by atoms with Crippen LogP contribution in [0.15, 0.2) is 36.8 Å². The van der Waals surface area contributed by atoms with Crippen molar-refractivity contribution >= 4 is 17.2 Å². The van der Waals surface area contributed by atoms with Crippen LogP contribution in [0, 0.1) is 0 Å². The largest absolute Gasteiger partial charge is 0.381 e. The molecule has 1 aliphatic rings. The third kappa shape index (κ3) is 4.71. The molecule has 1 atom stereocenters. The minimum absolute atomic E-state index is 0.402. The Hall–Kier alpha value is -2.29. The number of thiophene rings is 1. The summed E-state index contributed by atoms with van der Waals surface area (Å²) in [7, 11) is 2.14. The van der Waals surface area contributed by atoms with Gasteiger partial charge in [-0.1, -0.05) is 0 Å². The summed E-state index contributed by atoms with van der Waals surface area (Å²) in [5.41, 5.74) is 2.14. The van der Waals surface area contributed by atoms with Crippen LogP contribution in [-0.4, -0.2) is 58.4 Å². The Kier molecular flexibility index (Phi) is 5.76. The highest BCUT2D eigenvalue weighted by Crippen LogP contribution is 2.27. The predicted octanol–water partition coefficient (Wildman–Crippen LogP) is 2.98. The van der Waals surface area contributed by atoms with Crippen molar-refractivity contribution in [1.82, 2.24) is 25.1 Å². The number of aromatic nitrogens is 4. The maximum Gasteiger partial charge on any atom is 0.129 e. The molecule has 0 amide bonds. The normalized spacial score (nSPS) is 16.9. The van der Waals surface area contributed by atoms with Crippen LogP contribution in [0.2, 0.25) is 0 Å². The summed E-state index contributed by atoms with van der Waals surface area (Å²) in [5.74, 6) is 1.29. The lowest BCUT2D eigenvalue weighted by Gasteiger charge is -2.16. The molecule has 7 nitrogen and oxygen atoms in total. The van der Waals surface area contributed by atoms with Crippen LogP contribution in [0.25, 0.3) is 10.6 Å². The Morgan fingerprint density at radius 3 is 3.11 bits per heavy atom. The summed E-state index contributed by atoms with van der Waals surface area (Å²) in [5, 5.41) is 10.4. The van der Waals surface area contributed by atoms with Crippen molar-refractivity contribution in [2.75, 3.05) is 38.7 Å². The molecule has 1 fully saturated rings. The molecule has 27 heavy (non-hydrogen) atoms. The van der Waals surface area contributed by atoms with Gasteiger partial charge in [0, 0.05) is 49.3 Å². The second-order valence-corrected chi connectivity index (χ2v) is 7.96. The van der Waals surface area contributed by atoms with Crippen molar-refractivity contribution in [3.63, 3.8) is 0 Å². The molecule has 4 rings (SSSR count). The maximum absolute atomic E-state index is 5.45. The molecule has 2 N–H and O–H groups in total. The average molecular weight is 385 g/mol. The first kappa shape index (κ1) is 18.1. The summed E-state index contributed by atoms with van der Waals surface area (Å²) in [4.78, 5) is 13.6. The zero-order valence-corrected chi connectivity index (χ0v) is 16.2. The topological polar surface area (TPSA) is 79.0 Å². The third-order valence-electron chi connectivity index (χ3n) is 4.69. The summed E-state index contributed by atoms with van der Waals surface area (Å²) < 4.78 is 5.45. The first-order valence-electron chi connectivity index (χ1n) is 9.18. The molecule has 0 bridgehead atoms. The van der Waals surface area contributed by atoms with E-state index in [0.717, 1.165) is 56.5 Å². The number of H-pyrrole nitrogens is 1. The smallest absolute Gasteiger partial charge is 0.129 e. The van der Waals surface area contributed by atoms with Gasteiger partial charge >= 0.3 is 0 Å². The summed E-state index contributed by atoms with van der Waals surface area (Å²) in [6.07, 6.45) is 4.47. The molecule has 0 radical (unpaired) electrons. The molecule has 0 aliphatic carbocycles. The number of hydrogen-bond donors (Lipinski definition) is 2. The zero-order chi connectivity index (χ0) is 18.5. The number of anilines is 1. The van der Waals surface area contributed by atoms with Crippen molar-refractivity contribution in [3.8, 4) is 10.6 Å². The lowest BCUT2D eigenvalue weighted by Crippen LogP contribution is -2.24. The van der Waals surface area contributed by atoms with Gasteiger partial charge in [-0.05, 0) is 31.7 Å². The Labute approximate surface area is 162 Å². The van der Waals surface area contributed by atoms with Crippen LogP contribution in [0.3, 0.4) is 0 Å². The molecule has 0 saturated carbocycles. The number of hydrogen-bond acceptors (Lipinski definition) is 7. The first-order valence-corrected chi connectivity index (χ1v) is 10.00. The number of nitrogens with zero attached hydrogens (tertiary/aromatic N) is 4. The summed E-state index contributed by atoms with van der Waals surface area (Å²) in [6, 6.07) is 8.38. The Morgan fingerprint density at radius 1 is 1.33 bits per heavy atom. The molecule has 8 heteroatoms. The van der Waals surface area contributed by atoms with Crippen molar-refractivity contribution in [2.24, 2.45) is 0 Å².